The maximum absolute atomic E-state index is 13.4. The third-order valence-corrected chi connectivity index (χ3v) is 4.84. The molecule has 0 aliphatic heterocycles. The van der Waals surface area contributed by atoms with Crippen molar-refractivity contribution in [3.8, 4) is 0 Å². The third-order valence-electron chi connectivity index (χ3n) is 4.84. The number of benzene rings is 2. The first-order chi connectivity index (χ1) is 13.8. The second-order valence-electron chi connectivity index (χ2n) is 6.95. The summed E-state index contributed by atoms with van der Waals surface area (Å²) in [4.78, 5) is 7.94. The van der Waals surface area contributed by atoms with Gasteiger partial charge >= 0.3 is 6.18 Å². The number of aryl methyl sites for hydroxylation is 1. The van der Waals surface area contributed by atoms with E-state index in [1.54, 1.807) is 12.1 Å². The highest BCUT2D eigenvalue weighted by atomic mass is 19.4. The molecule has 0 saturated carbocycles. The molecule has 2 aromatic carbocycles. The minimum atomic E-state index is -4.57. The molecule has 0 radical (unpaired) electrons. The molecular formula is C22H23F3N4. The second-order valence-corrected chi connectivity index (χ2v) is 6.95. The summed E-state index contributed by atoms with van der Waals surface area (Å²) in [6.45, 7) is 6.10. The van der Waals surface area contributed by atoms with Crippen LogP contribution in [0, 0.1) is 6.92 Å². The molecule has 152 valence electrons. The molecule has 0 fully saturated rings. The highest BCUT2D eigenvalue weighted by Crippen LogP contribution is 2.35. The van der Waals surface area contributed by atoms with Crippen molar-refractivity contribution in [3.63, 3.8) is 0 Å². The standard InChI is InChI=1S/C22H23F3N4/c1-4-14(2)16-9-11-17(12-10-16)27-20-18(22(23,24)25)13-26-21(29-20)28-19-8-6-5-7-15(19)3/h5-14H,4H2,1-3H3,(H2,26,27,28,29). The second kappa shape index (κ2) is 8.51. The van der Waals surface area contributed by atoms with Crippen LogP contribution in [-0.2, 0) is 6.18 Å². The Morgan fingerprint density at radius 2 is 1.69 bits per heavy atom. The van der Waals surface area contributed by atoms with Crippen LogP contribution in [0.2, 0.25) is 0 Å². The van der Waals surface area contributed by atoms with Crippen LogP contribution in [0.25, 0.3) is 0 Å². The van der Waals surface area contributed by atoms with Gasteiger partial charge in [0.05, 0.1) is 0 Å². The molecule has 7 heteroatoms. The van der Waals surface area contributed by atoms with E-state index in [1.165, 1.54) is 0 Å². The van der Waals surface area contributed by atoms with E-state index in [0.29, 0.717) is 11.6 Å². The van der Waals surface area contributed by atoms with Gasteiger partial charge in [0.1, 0.15) is 11.4 Å². The van der Waals surface area contributed by atoms with E-state index in [1.807, 2.05) is 43.3 Å². The molecule has 1 aromatic heterocycles. The molecule has 1 unspecified atom stereocenters. The Hall–Kier alpha value is -3.09. The Labute approximate surface area is 168 Å². The summed E-state index contributed by atoms with van der Waals surface area (Å²) in [5.41, 5.74) is 2.42. The van der Waals surface area contributed by atoms with Gasteiger partial charge in [-0.05, 0) is 48.6 Å². The minimum absolute atomic E-state index is 0.0889. The van der Waals surface area contributed by atoms with Crippen LogP contribution in [0.15, 0.2) is 54.7 Å². The summed E-state index contributed by atoms with van der Waals surface area (Å²) in [5.74, 6) is 0.185. The summed E-state index contributed by atoms with van der Waals surface area (Å²) in [6, 6.07) is 14.8. The van der Waals surface area contributed by atoms with Crippen molar-refractivity contribution >= 4 is 23.1 Å². The molecule has 1 heterocycles. The van der Waals surface area contributed by atoms with Gasteiger partial charge in [-0.15, -0.1) is 0 Å². The van der Waals surface area contributed by atoms with Gasteiger partial charge in [-0.2, -0.15) is 18.2 Å². The number of alkyl halides is 3. The predicted octanol–water partition coefficient (Wildman–Crippen LogP) is 6.80. The number of anilines is 4. The fourth-order valence-electron chi connectivity index (χ4n) is 2.85. The SMILES string of the molecule is CCC(C)c1ccc(Nc2nc(Nc3ccccc3C)ncc2C(F)(F)F)cc1. The Morgan fingerprint density at radius 3 is 2.31 bits per heavy atom. The Balaban J connectivity index is 1.91. The smallest absolute Gasteiger partial charge is 0.340 e. The number of para-hydroxylation sites is 1. The first-order valence-corrected chi connectivity index (χ1v) is 9.41. The monoisotopic (exact) mass is 400 g/mol. The molecule has 0 spiro atoms. The molecule has 0 saturated heterocycles. The number of rotatable bonds is 6. The van der Waals surface area contributed by atoms with E-state index in [0.717, 1.165) is 29.4 Å². The van der Waals surface area contributed by atoms with Crippen molar-refractivity contribution < 1.29 is 13.2 Å². The first kappa shape index (κ1) is 20.6. The zero-order valence-corrected chi connectivity index (χ0v) is 16.5. The van der Waals surface area contributed by atoms with Crippen molar-refractivity contribution in [2.24, 2.45) is 0 Å². The molecule has 0 bridgehead atoms. The normalized spacial score (nSPS) is 12.5. The predicted molar refractivity (Wildman–Crippen MR) is 110 cm³/mol. The molecule has 3 rings (SSSR count). The molecular weight excluding hydrogens is 377 g/mol. The van der Waals surface area contributed by atoms with Gasteiger partial charge in [0, 0.05) is 17.6 Å². The van der Waals surface area contributed by atoms with Crippen molar-refractivity contribution in [2.75, 3.05) is 10.6 Å². The van der Waals surface area contributed by atoms with Gasteiger partial charge < -0.3 is 10.6 Å². The number of hydrogen-bond acceptors (Lipinski definition) is 4. The van der Waals surface area contributed by atoms with Crippen molar-refractivity contribution in [1.82, 2.24) is 9.97 Å². The number of aromatic nitrogens is 2. The van der Waals surface area contributed by atoms with E-state index < -0.39 is 11.7 Å². The lowest BCUT2D eigenvalue weighted by Gasteiger charge is -2.16. The largest absolute Gasteiger partial charge is 0.421 e. The topological polar surface area (TPSA) is 49.8 Å². The van der Waals surface area contributed by atoms with Crippen LogP contribution in [0.5, 0.6) is 0 Å². The van der Waals surface area contributed by atoms with Crippen LogP contribution in [0.1, 0.15) is 42.9 Å². The molecule has 0 amide bonds. The number of halogens is 3. The van der Waals surface area contributed by atoms with Gasteiger partial charge in [0.25, 0.3) is 0 Å². The summed E-state index contributed by atoms with van der Waals surface area (Å²) >= 11 is 0. The van der Waals surface area contributed by atoms with Crippen LogP contribution < -0.4 is 10.6 Å². The van der Waals surface area contributed by atoms with Crippen molar-refractivity contribution in [1.29, 1.82) is 0 Å². The highest BCUT2D eigenvalue weighted by molar-refractivity contribution is 5.64. The van der Waals surface area contributed by atoms with Gasteiger partial charge in [0.15, 0.2) is 0 Å². The van der Waals surface area contributed by atoms with Gasteiger partial charge in [0.2, 0.25) is 5.95 Å². The maximum atomic E-state index is 13.4. The van der Waals surface area contributed by atoms with Gasteiger partial charge in [-0.3, -0.25) is 0 Å². The van der Waals surface area contributed by atoms with Crippen LogP contribution in [0.4, 0.5) is 36.3 Å². The Bertz CT molecular complexity index is 969. The molecule has 1 atom stereocenters. The van der Waals surface area contributed by atoms with Crippen LogP contribution in [0.3, 0.4) is 0 Å². The first-order valence-electron chi connectivity index (χ1n) is 9.41. The van der Waals surface area contributed by atoms with Crippen LogP contribution in [-0.4, -0.2) is 9.97 Å². The zero-order chi connectivity index (χ0) is 21.0. The van der Waals surface area contributed by atoms with E-state index in [4.69, 9.17) is 0 Å². The average Bonchev–Trinajstić information content (AvgIpc) is 2.69. The quantitative estimate of drug-likeness (QED) is 0.477. The molecule has 2 N–H and O–H groups in total. The lowest BCUT2D eigenvalue weighted by molar-refractivity contribution is -0.137. The summed E-state index contributed by atoms with van der Waals surface area (Å²) in [6.07, 6.45) is -2.78. The van der Waals surface area contributed by atoms with Crippen molar-refractivity contribution in [2.45, 2.75) is 39.3 Å². The molecule has 4 nitrogen and oxygen atoms in total. The fraction of sp³-hybridized carbons (Fsp3) is 0.273. The van der Waals surface area contributed by atoms with Crippen LogP contribution >= 0.6 is 0 Å². The Kier molecular flexibility index (Phi) is 6.06. The molecule has 0 aliphatic rings. The lowest BCUT2D eigenvalue weighted by Crippen LogP contribution is -2.12. The minimum Gasteiger partial charge on any atom is -0.340 e. The lowest BCUT2D eigenvalue weighted by atomic mass is 9.99. The molecule has 3 aromatic rings. The average molecular weight is 400 g/mol. The van der Waals surface area contributed by atoms with Crippen molar-refractivity contribution in [3.05, 3.63) is 71.4 Å². The molecule has 0 aliphatic carbocycles. The summed E-state index contributed by atoms with van der Waals surface area (Å²) in [7, 11) is 0. The fourth-order valence-corrected chi connectivity index (χ4v) is 2.85. The Morgan fingerprint density at radius 1 is 1.00 bits per heavy atom. The van der Waals surface area contributed by atoms with E-state index in [9.17, 15) is 13.2 Å². The summed E-state index contributed by atoms with van der Waals surface area (Å²) in [5, 5.41) is 5.77. The third kappa shape index (κ3) is 5.04. The van der Waals surface area contributed by atoms with Gasteiger partial charge in [-0.1, -0.05) is 44.2 Å². The molecule has 29 heavy (non-hydrogen) atoms. The van der Waals surface area contributed by atoms with E-state index in [2.05, 4.69) is 34.4 Å². The van der Waals surface area contributed by atoms with E-state index >= 15 is 0 Å². The summed E-state index contributed by atoms with van der Waals surface area (Å²) < 4.78 is 40.3. The van der Waals surface area contributed by atoms with Gasteiger partial charge in [-0.25, -0.2) is 4.98 Å². The highest BCUT2D eigenvalue weighted by Gasteiger charge is 2.35. The zero-order valence-electron chi connectivity index (χ0n) is 16.5. The maximum Gasteiger partial charge on any atom is 0.421 e. The number of hydrogen-bond donors (Lipinski definition) is 2. The number of nitrogens with one attached hydrogen (secondary N) is 2. The number of nitrogens with zero attached hydrogens (tertiary/aromatic N) is 2. The van der Waals surface area contributed by atoms with E-state index in [-0.39, 0.29) is 11.8 Å².